The number of benzene rings is 1. The molecule has 2 rings (SSSR count). The number of hydrogen-bond acceptors (Lipinski definition) is 3. The fraction of sp³-hybridized carbons (Fsp3) is 0.500. The molecule has 0 spiro atoms. The first-order valence-corrected chi connectivity index (χ1v) is 6.56. The maximum absolute atomic E-state index is 11.7. The first-order valence-electron chi connectivity index (χ1n) is 5.49. The summed E-state index contributed by atoms with van der Waals surface area (Å²) in [7, 11) is 0. The van der Waals surface area contributed by atoms with Crippen LogP contribution in [-0.2, 0) is 20.0 Å². The zero-order valence-electron chi connectivity index (χ0n) is 9.35. The van der Waals surface area contributed by atoms with Crippen molar-refractivity contribution in [2.45, 2.75) is 30.8 Å². The largest absolute Gasteiger partial charge is 0.376 e. The van der Waals surface area contributed by atoms with E-state index in [0.717, 1.165) is 25.0 Å². The lowest BCUT2D eigenvalue weighted by Gasteiger charge is -2.09. The summed E-state index contributed by atoms with van der Waals surface area (Å²) in [6.07, 6.45) is 2.20. The van der Waals surface area contributed by atoms with E-state index in [1.165, 1.54) is 0 Å². The van der Waals surface area contributed by atoms with Gasteiger partial charge in [0.15, 0.2) is 11.1 Å². The number of hydrogen-bond donors (Lipinski definition) is 0. The Labute approximate surface area is 98.4 Å². The minimum absolute atomic E-state index is 0.120. The number of rotatable bonds is 4. The second-order valence-corrected chi connectivity index (χ2v) is 5.14. The van der Waals surface area contributed by atoms with Crippen molar-refractivity contribution < 1.29 is 13.1 Å². The van der Waals surface area contributed by atoms with Gasteiger partial charge in [-0.05, 0) is 31.9 Å². The molecule has 88 valence electrons. The van der Waals surface area contributed by atoms with Crippen molar-refractivity contribution >= 4 is 11.1 Å². The van der Waals surface area contributed by atoms with Crippen LogP contribution in [0.4, 0.5) is 0 Å². The minimum Gasteiger partial charge on any atom is -0.376 e. The molecule has 3 nitrogen and oxygen atoms in total. The predicted molar refractivity (Wildman–Crippen MR) is 62.5 cm³/mol. The Morgan fingerprint density at radius 3 is 2.81 bits per heavy atom. The van der Waals surface area contributed by atoms with E-state index in [4.69, 9.17) is 8.92 Å². The van der Waals surface area contributed by atoms with Gasteiger partial charge in [-0.15, -0.1) is 0 Å². The minimum atomic E-state index is -1.37. The monoisotopic (exact) mass is 240 g/mol. The molecule has 0 radical (unpaired) electrons. The van der Waals surface area contributed by atoms with E-state index in [9.17, 15) is 4.21 Å². The van der Waals surface area contributed by atoms with E-state index in [-0.39, 0.29) is 6.10 Å². The van der Waals surface area contributed by atoms with Gasteiger partial charge in [-0.2, -0.15) is 0 Å². The van der Waals surface area contributed by atoms with Crippen LogP contribution in [0.15, 0.2) is 29.2 Å². The fourth-order valence-electron chi connectivity index (χ4n) is 1.63. The molecule has 1 fully saturated rings. The summed E-state index contributed by atoms with van der Waals surface area (Å²) in [5.74, 6) is 0. The summed E-state index contributed by atoms with van der Waals surface area (Å²) in [6, 6.07) is 7.53. The topological polar surface area (TPSA) is 35.5 Å². The molecule has 1 aromatic carbocycles. The third-order valence-corrected chi connectivity index (χ3v) is 3.61. The van der Waals surface area contributed by atoms with Crippen molar-refractivity contribution in [3.63, 3.8) is 0 Å². The zero-order chi connectivity index (χ0) is 11.4. The van der Waals surface area contributed by atoms with Crippen LogP contribution in [0, 0.1) is 6.92 Å². The Balaban J connectivity index is 1.85. The quantitative estimate of drug-likeness (QED) is 0.809. The molecule has 0 saturated carbocycles. The van der Waals surface area contributed by atoms with Crippen molar-refractivity contribution in [3.05, 3.63) is 29.8 Å². The average Bonchev–Trinajstić information content (AvgIpc) is 2.80. The van der Waals surface area contributed by atoms with Crippen LogP contribution in [0.1, 0.15) is 18.4 Å². The summed E-state index contributed by atoms with van der Waals surface area (Å²) in [5.41, 5.74) is 1.15. The van der Waals surface area contributed by atoms with Crippen molar-refractivity contribution in [2.24, 2.45) is 0 Å². The molecule has 0 bridgehead atoms. The molecule has 16 heavy (non-hydrogen) atoms. The Morgan fingerprint density at radius 1 is 1.44 bits per heavy atom. The zero-order valence-corrected chi connectivity index (χ0v) is 10.2. The van der Waals surface area contributed by atoms with Gasteiger partial charge in [0, 0.05) is 6.61 Å². The van der Waals surface area contributed by atoms with Crippen LogP contribution in [0.25, 0.3) is 0 Å². The van der Waals surface area contributed by atoms with E-state index in [2.05, 4.69) is 0 Å². The van der Waals surface area contributed by atoms with Gasteiger partial charge < -0.3 is 4.74 Å². The Morgan fingerprint density at radius 2 is 2.19 bits per heavy atom. The van der Waals surface area contributed by atoms with Crippen LogP contribution in [0.5, 0.6) is 0 Å². The predicted octanol–water partition coefficient (Wildman–Crippen LogP) is 2.21. The highest BCUT2D eigenvalue weighted by Crippen LogP contribution is 2.15. The molecule has 1 aliphatic rings. The molecule has 2 unspecified atom stereocenters. The highest BCUT2D eigenvalue weighted by Gasteiger charge is 2.17. The fourth-order valence-corrected chi connectivity index (χ4v) is 2.40. The summed E-state index contributed by atoms with van der Waals surface area (Å²) < 4.78 is 22.4. The van der Waals surface area contributed by atoms with Gasteiger partial charge in [-0.3, -0.25) is 4.18 Å². The molecule has 1 aromatic rings. The van der Waals surface area contributed by atoms with Crippen molar-refractivity contribution in [2.75, 3.05) is 13.2 Å². The molecule has 1 heterocycles. The van der Waals surface area contributed by atoms with Gasteiger partial charge in [0.2, 0.25) is 0 Å². The number of aryl methyl sites for hydroxylation is 1. The summed E-state index contributed by atoms with van der Waals surface area (Å²) in [6.45, 7) is 3.21. The van der Waals surface area contributed by atoms with Crippen LogP contribution in [0.3, 0.4) is 0 Å². The second-order valence-electron chi connectivity index (χ2n) is 3.97. The van der Waals surface area contributed by atoms with E-state index in [1.807, 2.05) is 31.2 Å². The van der Waals surface area contributed by atoms with Crippen molar-refractivity contribution in [1.82, 2.24) is 0 Å². The van der Waals surface area contributed by atoms with E-state index in [0.29, 0.717) is 11.5 Å². The molecule has 1 saturated heterocycles. The lowest BCUT2D eigenvalue weighted by molar-refractivity contribution is 0.0726. The van der Waals surface area contributed by atoms with Gasteiger partial charge >= 0.3 is 0 Å². The van der Waals surface area contributed by atoms with Crippen LogP contribution in [0.2, 0.25) is 0 Å². The highest BCUT2D eigenvalue weighted by atomic mass is 32.2. The van der Waals surface area contributed by atoms with Crippen molar-refractivity contribution in [3.8, 4) is 0 Å². The Bertz CT molecular complexity index is 355. The van der Waals surface area contributed by atoms with Gasteiger partial charge in [-0.25, -0.2) is 4.21 Å². The maximum atomic E-state index is 11.7. The molecule has 2 atom stereocenters. The molecule has 4 heteroatoms. The second kappa shape index (κ2) is 5.57. The lowest BCUT2D eigenvalue weighted by Crippen LogP contribution is -2.15. The third kappa shape index (κ3) is 3.14. The molecular formula is C12H16O3S. The molecular weight excluding hydrogens is 224 g/mol. The molecule has 0 aliphatic carbocycles. The SMILES string of the molecule is Cc1ccc(S(=O)OCC2CCCO2)cc1. The van der Waals surface area contributed by atoms with Crippen LogP contribution in [-0.4, -0.2) is 23.5 Å². The highest BCUT2D eigenvalue weighted by molar-refractivity contribution is 7.80. The first-order chi connectivity index (χ1) is 7.75. The maximum Gasteiger partial charge on any atom is 0.189 e. The van der Waals surface area contributed by atoms with Gasteiger partial charge in [-0.1, -0.05) is 17.7 Å². The smallest absolute Gasteiger partial charge is 0.189 e. The number of ether oxygens (including phenoxy) is 1. The summed E-state index contributed by atoms with van der Waals surface area (Å²) >= 11 is -1.37. The third-order valence-electron chi connectivity index (χ3n) is 2.60. The molecule has 0 N–H and O–H groups in total. The van der Waals surface area contributed by atoms with Gasteiger partial charge in [0.25, 0.3) is 0 Å². The molecule has 0 aromatic heterocycles. The lowest BCUT2D eigenvalue weighted by atomic mass is 10.2. The summed E-state index contributed by atoms with van der Waals surface area (Å²) in [5, 5.41) is 0. The Kier molecular flexibility index (Phi) is 4.09. The molecule has 1 aliphatic heterocycles. The van der Waals surface area contributed by atoms with Crippen molar-refractivity contribution in [1.29, 1.82) is 0 Å². The van der Waals surface area contributed by atoms with Crippen LogP contribution >= 0.6 is 0 Å². The van der Waals surface area contributed by atoms with Crippen LogP contribution < -0.4 is 0 Å². The van der Waals surface area contributed by atoms with E-state index < -0.39 is 11.1 Å². The van der Waals surface area contributed by atoms with E-state index in [1.54, 1.807) is 0 Å². The van der Waals surface area contributed by atoms with E-state index >= 15 is 0 Å². The Hall–Kier alpha value is -0.710. The van der Waals surface area contributed by atoms with Gasteiger partial charge in [0.05, 0.1) is 17.6 Å². The summed E-state index contributed by atoms with van der Waals surface area (Å²) in [4.78, 5) is 0.712. The first kappa shape index (κ1) is 11.8. The molecule has 0 amide bonds. The normalized spacial score (nSPS) is 22.2. The average molecular weight is 240 g/mol. The van der Waals surface area contributed by atoms with Gasteiger partial charge in [0.1, 0.15) is 0 Å². The standard InChI is InChI=1S/C12H16O3S/c1-10-4-6-12(7-5-10)16(13)15-9-11-3-2-8-14-11/h4-7,11H,2-3,8-9H2,1H3.